The Balaban J connectivity index is 1.48. The van der Waals surface area contributed by atoms with Crippen molar-refractivity contribution < 1.29 is 0 Å². The zero-order valence-corrected chi connectivity index (χ0v) is 12.7. The van der Waals surface area contributed by atoms with E-state index >= 15 is 0 Å². The molecule has 0 fully saturated rings. The Morgan fingerprint density at radius 1 is 1.40 bits per heavy atom. The topological polar surface area (TPSA) is 37.0 Å². The number of nitrogens with one attached hydrogen (secondary N) is 2. The molecule has 1 aliphatic rings. The molecule has 0 bridgehead atoms. The van der Waals surface area contributed by atoms with E-state index in [-0.39, 0.29) is 0 Å². The highest BCUT2D eigenvalue weighted by Crippen LogP contribution is 2.22. The molecule has 0 saturated carbocycles. The Hall–Kier alpha value is -1.39. The lowest BCUT2D eigenvalue weighted by molar-refractivity contribution is 0.679. The average molecular weight is 287 g/mol. The molecule has 3 rings (SSSR count). The fourth-order valence-corrected chi connectivity index (χ4v) is 3.26. The summed E-state index contributed by atoms with van der Waals surface area (Å²) < 4.78 is 0. The minimum Gasteiger partial charge on any atom is -0.385 e. The predicted molar refractivity (Wildman–Crippen MR) is 85.5 cm³/mol. The van der Waals surface area contributed by atoms with Crippen LogP contribution in [0.25, 0.3) is 0 Å². The Labute approximate surface area is 124 Å². The van der Waals surface area contributed by atoms with Crippen LogP contribution in [0.1, 0.15) is 28.2 Å². The standard InChI is InChI=1S/C16H21N3S/c1-12-19-15(11-20-12)6-8-17-10-13-4-5-16-14(9-13)3-2-7-18-16/h4-5,9,11,17-18H,2-3,6-8,10H2,1H3. The van der Waals surface area contributed by atoms with Gasteiger partial charge in [-0.25, -0.2) is 4.98 Å². The third-order valence-electron chi connectivity index (χ3n) is 3.66. The molecule has 2 N–H and O–H groups in total. The van der Waals surface area contributed by atoms with Crippen molar-refractivity contribution in [3.05, 3.63) is 45.4 Å². The number of rotatable bonds is 5. The van der Waals surface area contributed by atoms with E-state index in [4.69, 9.17) is 0 Å². The fraction of sp³-hybridized carbons (Fsp3) is 0.438. The first-order valence-electron chi connectivity index (χ1n) is 7.29. The highest BCUT2D eigenvalue weighted by Gasteiger charge is 2.08. The first kappa shape index (κ1) is 13.6. The van der Waals surface area contributed by atoms with E-state index in [0.717, 1.165) is 31.1 Å². The summed E-state index contributed by atoms with van der Waals surface area (Å²) in [6, 6.07) is 6.77. The Morgan fingerprint density at radius 3 is 3.20 bits per heavy atom. The number of anilines is 1. The van der Waals surface area contributed by atoms with Crippen LogP contribution in [-0.4, -0.2) is 18.1 Å². The summed E-state index contributed by atoms with van der Waals surface area (Å²) in [5.74, 6) is 0. The third-order valence-corrected chi connectivity index (χ3v) is 4.48. The lowest BCUT2D eigenvalue weighted by atomic mass is 10.0. The van der Waals surface area contributed by atoms with Crippen molar-refractivity contribution in [2.75, 3.05) is 18.4 Å². The summed E-state index contributed by atoms with van der Waals surface area (Å²) in [6.45, 7) is 5.09. The van der Waals surface area contributed by atoms with Crippen LogP contribution in [0.4, 0.5) is 5.69 Å². The molecule has 2 aromatic rings. The molecule has 0 spiro atoms. The van der Waals surface area contributed by atoms with E-state index in [9.17, 15) is 0 Å². The Morgan fingerprint density at radius 2 is 2.35 bits per heavy atom. The average Bonchev–Trinajstić information content (AvgIpc) is 2.89. The monoisotopic (exact) mass is 287 g/mol. The van der Waals surface area contributed by atoms with E-state index < -0.39 is 0 Å². The van der Waals surface area contributed by atoms with Gasteiger partial charge in [-0.2, -0.15) is 0 Å². The van der Waals surface area contributed by atoms with Crippen LogP contribution < -0.4 is 10.6 Å². The summed E-state index contributed by atoms with van der Waals surface area (Å²) in [5, 5.41) is 10.3. The van der Waals surface area contributed by atoms with Gasteiger partial charge in [0.05, 0.1) is 10.7 Å². The number of aryl methyl sites for hydroxylation is 2. The van der Waals surface area contributed by atoms with Crippen molar-refractivity contribution in [3.8, 4) is 0 Å². The first-order chi connectivity index (χ1) is 9.81. The minimum atomic E-state index is 0.941. The second-order valence-corrected chi connectivity index (χ2v) is 6.37. The normalized spacial score (nSPS) is 13.8. The zero-order chi connectivity index (χ0) is 13.8. The lowest BCUT2D eigenvalue weighted by Gasteiger charge is -2.18. The van der Waals surface area contributed by atoms with Gasteiger partial charge >= 0.3 is 0 Å². The van der Waals surface area contributed by atoms with E-state index in [1.54, 1.807) is 11.3 Å². The first-order valence-corrected chi connectivity index (χ1v) is 8.16. The fourth-order valence-electron chi connectivity index (χ4n) is 2.61. The maximum absolute atomic E-state index is 4.48. The number of thiazole rings is 1. The van der Waals surface area contributed by atoms with Crippen molar-refractivity contribution in [3.63, 3.8) is 0 Å². The molecule has 0 atom stereocenters. The summed E-state index contributed by atoms with van der Waals surface area (Å²) in [7, 11) is 0. The van der Waals surface area contributed by atoms with Gasteiger partial charge in [-0.3, -0.25) is 0 Å². The van der Waals surface area contributed by atoms with Gasteiger partial charge in [-0.15, -0.1) is 11.3 Å². The third kappa shape index (κ3) is 3.38. The molecule has 0 unspecified atom stereocenters. The van der Waals surface area contributed by atoms with Gasteiger partial charge in [0.25, 0.3) is 0 Å². The number of hydrogen-bond acceptors (Lipinski definition) is 4. The molecule has 1 aromatic heterocycles. The quantitative estimate of drug-likeness (QED) is 0.830. The number of hydrogen-bond donors (Lipinski definition) is 2. The molecule has 106 valence electrons. The minimum absolute atomic E-state index is 0.941. The van der Waals surface area contributed by atoms with E-state index in [1.165, 1.54) is 35.3 Å². The number of fused-ring (bicyclic) bond motifs is 1. The van der Waals surface area contributed by atoms with Crippen molar-refractivity contribution in [1.82, 2.24) is 10.3 Å². The van der Waals surface area contributed by atoms with Crippen LogP contribution >= 0.6 is 11.3 Å². The largest absolute Gasteiger partial charge is 0.385 e. The maximum Gasteiger partial charge on any atom is 0.0897 e. The van der Waals surface area contributed by atoms with Gasteiger partial charge in [-0.05, 0) is 37.0 Å². The van der Waals surface area contributed by atoms with Crippen LogP contribution in [-0.2, 0) is 19.4 Å². The van der Waals surface area contributed by atoms with Crippen LogP contribution in [0.2, 0.25) is 0 Å². The van der Waals surface area contributed by atoms with Crippen LogP contribution in [0.15, 0.2) is 23.6 Å². The molecular weight excluding hydrogens is 266 g/mol. The Bertz CT molecular complexity index is 577. The molecular formula is C16H21N3S. The summed E-state index contributed by atoms with van der Waals surface area (Å²) in [5.41, 5.74) is 5.36. The molecule has 1 aliphatic heterocycles. The lowest BCUT2D eigenvalue weighted by Crippen LogP contribution is -2.18. The molecule has 20 heavy (non-hydrogen) atoms. The second-order valence-electron chi connectivity index (χ2n) is 5.31. The molecule has 0 saturated heterocycles. The van der Waals surface area contributed by atoms with Crippen LogP contribution in [0.3, 0.4) is 0 Å². The molecule has 2 heterocycles. The molecule has 0 radical (unpaired) electrons. The highest BCUT2D eigenvalue weighted by atomic mass is 32.1. The van der Waals surface area contributed by atoms with E-state index in [1.807, 2.05) is 0 Å². The van der Waals surface area contributed by atoms with E-state index in [0.29, 0.717) is 0 Å². The zero-order valence-electron chi connectivity index (χ0n) is 11.9. The van der Waals surface area contributed by atoms with Gasteiger partial charge in [0, 0.05) is 37.1 Å². The molecule has 4 heteroatoms. The molecule has 1 aromatic carbocycles. The van der Waals surface area contributed by atoms with Gasteiger partial charge in [0.15, 0.2) is 0 Å². The SMILES string of the molecule is Cc1nc(CCNCc2ccc3c(c2)CCCN3)cs1. The van der Waals surface area contributed by atoms with Crippen molar-refractivity contribution >= 4 is 17.0 Å². The number of nitrogens with zero attached hydrogens (tertiary/aromatic N) is 1. The molecule has 3 nitrogen and oxygen atoms in total. The van der Waals surface area contributed by atoms with Gasteiger partial charge in [-0.1, -0.05) is 12.1 Å². The maximum atomic E-state index is 4.48. The van der Waals surface area contributed by atoms with Crippen molar-refractivity contribution in [1.29, 1.82) is 0 Å². The van der Waals surface area contributed by atoms with Crippen molar-refractivity contribution in [2.45, 2.75) is 32.7 Å². The van der Waals surface area contributed by atoms with Crippen molar-refractivity contribution in [2.24, 2.45) is 0 Å². The van der Waals surface area contributed by atoms with Gasteiger partial charge < -0.3 is 10.6 Å². The summed E-state index contributed by atoms with van der Waals surface area (Å²) in [6.07, 6.45) is 3.46. The van der Waals surface area contributed by atoms with E-state index in [2.05, 4.69) is 46.1 Å². The number of aromatic nitrogens is 1. The van der Waals surface area contributed by atoms with Crippen LogP contribution in [0.5, 0.6) is 0 Å². The smallest absolute Gasteiger partial charge is 0.0897 e. The van der Waals surface area contributed by atoms with Crippen LogP contribution in [0, 0.1) is 6.92 Å². The highest BCUT2D eigenvalue weighted by molar-refractivity contribution is 7.09. The molecule has 0 aliphatic carbocycles. The van der Waals surface area contributed by atoms with Gasteiger partial charge in [0.1, 0.15) is 0 Å². The number of benzene rings is 1. The summed E-state index contributed by atoms with van der Waals surface area (Å²) in [4.78, 5) is 4.48. The molecule has 0 amide bonds. The Kier molecular flexibility index (Phi) is 4.33. The second kappa shape index (κ2) is 6.37. The predicted octanol–water partition coefficient (Wildman–Crippen LogP) is 3.14. The van der Waals surface area contributed by atoms with Gasteiger partial charge in [0.2, 0.25) is 0 Å². The summed E-state index contributed by atoms with van der Waals surface area (Å²) >= 11 is 1.73.